The molecule has 2 aromatic carbocycles. The van der Waals surface area contributed by atoms with E-state index in [4.69, 9.17) is 4.74 Å². The Bertz CT molecular complexity index is 918. The van der Waals surface area contributed by atoms with Gasteiger partial charge in [0.1, 0.15) is 6.61 Å². The quantitative estimate of drug-likeness (QED) is 0.792. The monoisotopic (exact) mass is 393 g/mol. The van der Waals surface area contributed by atoms with Crippen molar-refractivity contribution >= 4 is 35.2 Å². The average Bonchev–Trinajstić information content (AvgIpc) is 2.73. The first kappa shape index (κ1) is 20.3. The molecule has 0 spiro atoms. The summed E-state index contributed by atoms with van der Waals surface area (Å²) in [5, 5.41) is 2.78. The third-order valence-electron chi connectivity index (χ3n) is 4.42. The molecule has 1 aliphatic heterocycles. The van der Waals surface area contributed by atoms with Crippen LogP contribution in [0.15, 0.2) is 54.6 Å². The van der Waals surface area contributed by atoms with Gasteiger partial charge in [0.25, 0.3) is 11.8 Å². The standard InChI is InChI=1S/C22H23N3O4/c1-24(2)22(28)17-6-3-16(4-7-17)5-12-20(26)23-18-8-10-19(11-9-18)25-13-14-29-15-21(25)27/h3-12H,13-15H2,1-2H3,(H,23,26)/b12-5+. The lowest BCUT2D eigenvalue weighted by Gasteiger charge is -2.26. The number of nitrogens with zero attached hydrogens (tertiary/aromatic N) is 2. The predicted octanol–water partition coefficient (Wildman–Crippen LogP) is 2.40. The van der Waals surface area contributed by atoms with Gasteiger partial charge in [0.2, 0.25) is 5.91 Å². The van der Waals surface area contributed by atoms with Crippen LogP contribution in [0.5, 0.6) is 0 Å². The molecule has 1 fully saturated rings. The third-order valence-corrected chi connectivity index (χ3v) is 4.42. The van der Waals surface area contributed by atoms with Crippen molar-refractivity contribution in [1.82, 2.24) is 4.90 Å². The molecule has 3 rings (SSSR count). The van der Waals surface area contributed by atoms with Gasteiger partial charge in [-0.15, -0.1) is 0 Å². The van der Waals surface area contributed by atoms with Crippen LogP contribution in [0.4, 0.5) is 11.4 Å². The minimum absolute atomic E-state index is 0.0690. The normalized spacial score (nSPS) is 14.1. The van der Waals surface area contributed by atoms with Crippen LogP contribution >= 0.6 is 0 Å². The Hall–Kier alpha value is -3.45. The van der Waals surface area contributed by atoms with Crippen molar-refractivity contribution in [1.29, 1.82) is 0 Å². The number of anilines is 2. The molecule has 7 heteroatoms. The van der Waals surface area contributed by atoms with Crippen LogP contribution in [0.1, 0.15) is 15.9 Å². The fourth-order valence-corrected chi connectivity index (χ4v) is 2.87. The van der Waals surface area contributed by atoms with Crippen LogP contribution < -0.4 is 10.2 Å². The first-order valence-electron chi connectivity index (χ1n) is 9.23. The second-order valence-corrected chi connectivity index (χ2v) is 6.79. The van der Waals surface area contributed by atoms with E-state index in [1.807, 2.05) is 0 Å². The summed E-state index contributed by atoms with van der Waals surface area (Å²) in [6.45, 7) is 1.12. The molecule has 0 aliphatic carbocycles. The molecule has 3 amide bonds. The molecule has 29 heavy (non-hydrogen) atoms. The molecule has 0 radical (unpaired) electrons. The Morgan fingerprint density at radius 1 is 1.07 bits per heavy atom. The van der Waals surface area contributed by atoms with Crippen molar-refractivity contribution in [3.8, 4) is 0 Å². The Morgan fingerprint density at radius 3 is 2.38 bits per heavy atom. The van der Waals surface area contributed by atoms with Gasteiger partial charge in [-0.25, -0.2) is 0 Å². The van der Waals surface area contributed by atoms with Gasteiger partial charge in [-0.05, 0) is 48.0 Å². The van der Waals surface area contributed by atoms with Crippen LogP contribution in [-0.4, -0.2) is 56.5 Å². The molecule has 1 N–H and O–H groups in total. The highest BCUT2D eigenvalue weighted by Crippen LogP contribution is 2.19. The second kappa shape index (κ2) is 9.16. The topological polar surface area (TPSA) is 79.0 Å². The maximum Gasteiger partial charge on any atom is 0.253 e. The van der Waals surface area contributed by atoms with E-state index in [0.29, 0.717) is 24.4 Å². The molecule has 1 saturated heterocycles. The lowest BCUT2D eigenvalue weighted by molar-refractivity contribution is -0.125. The zero-order valence-electron chi connectivity index (χ0n) is 16.4. The second-order valence-electron chi connectivity index (χ2n) is 6.79. The number of amides is 3. The van der Waals surface area contributed by atoms with Crippen molar-refractivity contribution in [2.75, 3.05) is 44.1 Å². The van der Waals surface area contributed by atoms with Gasteiger partial charge in [-0.1, -0.05) is 12.1 Å². The minimum atomic E-state index is -0.270. The van der Waals surface area contributed by atoms with Crippen molar-refractivity contribution in [3.05, 3.63) is 65.7 Å². The van der Waals surface area contributed by atoms with Crippen LogP contribution in [0.3, 0.4) is 0 Å². The van der Waals surface area contributed by atoms with Crippen LogP contribution in [0, 0.1) is 0 Å². The molecule has 1 aliphatic rings. The van der Waals surface area contributed by atoms with E-state index in [1.54, 1.807) is 73.6 Å². The van der Waals surface area contributed by atoms with Crippen molar-refractivity contribution in [3.63, 3.8) is 0 Å². The van der Waals surface area contributed by atoms with E-state index in [2.05, 4.69) is 5.32 Å². The number of ether oxygens (including phenoxy) is 1. The number of carbonyl (C=O) groups is 3. The van der Waals surface area contributed by atoms with Gasteiger partial charge >= 0.3 is 0 Å². The molecule has 0 unspecified atom stereocenters. The number of hydrogen-bond donors (Lipinski definition) is 1. The number of nitrogens with one attached hydrogen (secondary N) is 1. The minimum Gasteiger partial charge on any atom is -0.370 e. The fourth-order valence-electron chi connectivity index (χ4n) is 2.87. The van der Waals surface area contributed by atoms with Gasteiger partial charge in [-0.3, -0.25) is 14.4 Å². The van der Waals surface area contributed by atoms with E-state index >= 15 is 0 Å². The summed E-state index contributed by atoms with van der Waals surface area (Å²) in [5.41, 5.74) is 2.82. The van der Waals surface area contributed by atoms with Crippen LogP contribution in [-0.2, 0) is 14.3 Å². The molecule has 7 nitrogen and oxygen atoms in total. The van der Waals surface area contributed by atoms with Gasteiger partial charge in [-0.2, -0.15) is 0 Å². The molecule has 1 heterocycles. The van der Waals surface area contributed by atoms with Crippen molar-refractivity contribution in [2.24, 2.45) is 0 Å². The van der Waals surface area contributed by atoms with Crippen LogP contribution in [0.25, 0.3) is 6.08 Å². The summed E-state index contributed by atoms with van der Waals surface area (Å²) in [5.74, 6) is -0.414. The number of rotatable bonds is 5. The lowest BCUT2D eigenvalue weighted by Crippen LogP contribution is -2.41. The van der Waals surface area contributed by atoms with Gasteiger partial charge in [0.05, 0.1) is 6.61 Å². The number of carbonyl (C=O) groups excluding carboxylic acids is 3. The van der Waals surface area contributed by atoms with Gasteiger partial charge in [0, 0.05) is 43.7 Å². The first-order chi connectivity index (χ1) is 13.9. The summed E-state index contributed by atoms with van der Waals surface area (Å²) >= 11 is 0. The van der Waals surface area contributed by atoms with Gasteiger partial charge < -0.3 is 19.9 Å². The molecule has 0 saturated carbocycles. The summed E-state index contributed by atoms with van der Waals surface area (Å²) < 4.78 is 5.13. The molecule has 2 aromatic rings. The zero-order chi connectivity index (χ0) is 20.8. The Balaban J connectivity index is 1.57. The van der Waals surface area contributed by atoms with E-state index in [9.17, 15) is 14.4 Å². The maximum atomic E-state index is 12.1. The number of hydrogen-bond acceptors (Lipinski definition) is 4. The Kier molecular flexibility index (Phi) is 6.41. The molecule has 0 aromatic heterocycles. The van der Waals surface area contributed by atoms with E-state index in [-0.39, 0.29) is 24.3 Å². The molecular weight excluding hydrogens is 370 g/mol. The average molecular weight is 393 g/mol. The fraction of sp³-hybridized carbons (Fsp3) is 0.227. The van der Waals surface area contributed by atoms with Crippen molar-refractivity contribution < 1.29 is 19.1 Å². The predicted molar refractivity (Wildman–Crippen MR) is 112 cm³/mol. The van der Waals surface area contributed by atoms with E-state index in [1.165, 1.54) is 11.0 Å². The van der Waals surface area contributed by atoms with Crippen molar-refractivity contribution in [2.45, 2.75) is 0 Å². The summed E-state index contributed by atoms with van der Waals surface area (Å²) in [6.07, 6.45) is 3.11. The number of morpholine rings is 1. The maximum absolute atomic E-state index is 12.1. The Labute approximate surface area is 169 Å². The summed E-state index contributed by atoms with van der Waals surface area (Å²) in [4.78, 5) is 39.1. The molecular formula is C22H23N3O4. The SMILES string of the molecule is CN(C)C(=O)c1ccc(/C=C/C(=O)Nc2ccc(N3CCOCC3=O)cc2)cc1. The highest BCUT2D eigenvalue weighted by Gasteiger charge is 2.19. The summed E-state index contributed by atoms with van der Waals surface area (Å²) in [7, 11) is 3.40. The zero-order valence-corrected chi connectivity index (χ0v) is 16.4. The highest BCUT2D eigenvalue weighted by atomic mass is 16.5. The first-order valence-corrected chi connectivity index (χ1v) is 9.23. The highest BCUT2D eigenvalue weighted by molar-refractivity contribution is 6.02. The molecule has 0 atom stereocenters. The smallest absolute Gasteiger partial charge is 0.253 e. The lowest BCUT2D eigenvalue weighted by atomic mass is 10.1. The number of benzene rings is 2. The van der Waals surface area contributed by atoms with E-state index in [0.717, 1.165) is 11.3 Å². The summed E-state index contributed by atoms with van der Waals surface area (Å²) in [6, 6.07) is 14.1. The van der Waals surface area contributed by atoms with E-state index < -0.39 is 0 Å². The van der Waals surface area contributed by atoms with Crippen LogP contribution in [0.2, 0.25) is 0 Å². The Morgan fingerprint density at radius 2 is 1.76 bits per heavy atom. The molecule has 0 bridgehead atoms. The third kappa shape index (κ3) is 5.30. The van der Waals surface area contributed by atoms with Gasteiger partial charge in [0.15, 0.2) is 0 Å². The molecule has 150 valence electrons. The largest absolute Gasteiger partial charge is 0.370 e.